The van der Waals surface area contributed by atoms with E-state index >= 15 is 0 Å². The van der Waals surface area contributed by atoms with Gasteiger partial charge in [0.1, 0.15) is 0 Å². The maximum absolute atomic E-state index is 11.3. The molecule has 1 heterocycles. The van der Waals surface area contributed by atoms with Gasteiger partial charge in [-0.15, -0.1) is 0 Å². The molecule has 4 heteroatoms. The molecule has 0 aromatic carbocycles. The molecule has 0 aromatic heterocycles. The van der Waals surface area contributed by atoms with Gasteiger partial charge in [0.25, 0.3) is 0 Å². The smallest absolute Gasteiger partial charge is 0.0385 e. The first kappa shape index (κ1) is 15.1. The lowest BCUT2D eigenvalue weighted by Crippen LogP contribution is -2.60. The molecule has 0 aliphatic carbocycles. The molecule has 1 N–H and O–H groups in total. The topological polar surface area (TPSA) is 32.3 Å². The van der Waals surface area contributed by atoms with Crippen LogP contribution in [0.2, 0.25) is 0 Å². The SMILES string of the molecule is CCC(C)C1CN(C(C)CS(C)=O)C(C)CN1. The Morgan fingerprint density at radius 3 is 2.65 bits per heavy atom. The van der Waals surface area contributed by atoms with Crippen LogP contribution < -0.4 is 5.32 Å². The summed E-state index contributed by atoms with van der Waals surface area (Å²) in [7, 11) is -0.698. The van der Waals surface area contributed by atoms with Gasteiger partial charge < -0.3 is 5.32 Å². The van der Waals surface area contributed by atoms with Crippen LogP contribution in [0.15, 0.2) is 0 Å². The van der Waals surface area contributed by atoms with Crippen molar-refractivity contribution >= 4 is 10.8 Å². The first-order chi connectivity index (χ1) is 7.95. The fourth-order valence-corrected chi connectivity index (χ4v) is 3.50. The van der Waals surface area contributed by atoms with Crippen LogP contribution in [-0.4, -0.2) is 52.3 Å². The molecule has 1 saturated heterocycles. The minimum atomic E-state index is -0.698. The Labute approximate surface area is 109 Å². The molecular formula is C13H28N2OS. The molecule has 0 bridgehead atoms. The van der Waals surface area contributed by atoms with E-state index in [2.05, 4.69) is 37.9 Å². The fraction of sp³-hybridized carbons (Fsp3) is 1.00. The summed E-state index contributed by atoms with van der Waals surface area (Å²) in [5, 5.41) is 3.64. The second-order valence-electron chi connectivity index (χ2n) is 5.53. The van der Waals surface area contributed by atoms with Gasteiger partial charge in [0.05, 0.1) is 0 Å². The Morgan fingerprint density at radius 2 is 2.12 bits per heavy atom. The highest BCUT2D eigenvalue weighted by molar-refractivity contribution is 7.84. The van der Waals surface area contributed by atoms with Crippen molar-refractivity contribution in [2.75, 3.05) is 25.1 Å². The lowest BCUT2D eigenvalue weighted by molar-refractivity contribution is 0.0907. The Bertz CT molecular complexity index is 260. The minimum Gasteiger partial charge on any atom is -0.311 e. The third-order valence-electron chi connectivity index (χ3n) is 4.02. The molecule has 0 aromatic rings. The van der Waals surface area contributed by atoms with E-state index in [4.69, 9.17) is 0 Å². The highest BCUT2D eigenvalue weighted by atomic mass is 32.2. The predicted octanol–water partition coefficient (Wildman–Crippen LogP) is 1.46. The number of rotatable bonds is 5. The number of piperazine rings is 1. The minimum absolute atomic E-state index is 0.421. The summed E-state index contributed by atoms with van der Waals surface area (Å²) in [5.41, 5.74) is 0. The van der Waals surface area contributed by atoms with Crippen molar-refractivity contribution in [2.45, 2.75) is 52.2 Å². The highest BCUT2D eigenvalue weighted by Crippen LogP contribution is 2.17. The van der Waals surface area contributed by atoms with Crippen molar-refractivity contribution < 1.29 is 4.21 Å². The lowest BCUT2D eigenvalue weighted by atomic mass is 9.95. The number of nitrogens with one attached hydrogen (secondary N) is 1. The molecule has 17 heavy (non-hydrogen) atoms. The Morgan fingerprint density at radius 1 is 1.47 bits per heavy atom. The first-order valence-electron chi connectivity index (χ1n) is 6.74. The molecule has 5 unspecified atom stereocenters. The van der Waals surface area contributed by atoms with Crippen molar-refractivity contribution in [3.8, 4) is 0 Å². The monoisotopic (exact) mass is 260 g/mol. The van der Waals surface area contributed by atoms with Crippen LogP contribution in [0.1, 0.15) is 34.1 Å². The molecule has 1 aliphatic heterocycles. The maximum Gasteiger partial charge on any atom is 0.0385 e. The summed E-state index contributed by atoms with van der Waals surface area (Å²) in [5.74, 6) is 1.50. The normalized spacial score (nSPS) is 32.1. The van der Waals surface area contributed by atoms with Gasteiger partial charge in [-0.25, -0.2) is 0 Å². The quantitative estimate of drug-likeness (QED) is 0.812. The van der Waals surface area contributed by atoms with Gasteiger partial charge in [-0.2, -0.15) is 0 Å². The lowest BCUT2D eigenvalue weighted by Gasteiger charge is -2.43. The van der Waals surface area contributed by atoms with Gasteiger partial charge in [-0.1, -0.05) is 20.3 Å². The predicted molar refractivity (Wildman–Crippen MR) is 75.8 cm³/mol. The highest BCUT2D eigenvalue weighted by Gasteiger charge is 2.30. The number of hydrogen-bond acceptors (Lipinski definition) is 3. The molecule has 1 aliphatic rings. The van der Waals surface area contributed by atoms with E-state index in [1.165, 1.54) is 6.42 Å². The van der Waals surface area contributed by atoms with Crippen molar-refractivity contribution in [1.82, 2.24) is 10.2 Å². The summed E-state index contributed by atoms with van der Waals surface area (Å²) < 4.78 is 11.3. The molecule has 3 nitrogen and oxygen atoms in total. The number of nitrogens with zero attached hydrogens (tertiary/aromatic N) is 1. The number of hydrogen-bond donors (Lipinski definition) is 1. The third-order valence-corrected chi connectivity index (χ3v) is 4.97. The zero-order valence-electron chi connectivity index (χ0n) is 11.9. The van der Waals surface area contributed by atoms with Gasteiger partial charge in [0, 0.05) is 54.0 Å². The van der Waals surface area contributed by atoms with Gasteiger partial charge in [0.2, 0.25) is 0 Å². The van der Waals surface area contributed by atoms with Crippen LogP contribution in [0.3, 0.4) is 0 Å². The van der Waals surface area contributed by atoms with E-state index < -0.39 is 10.8 Å². The molecular weight excluding hydrogens is 232 g/mol. The molecule has 102 valence electrons. The Kier molecular flexibility index (Phi) is 6.10. The van der Waals surface area contributed by atoms with E-state index in [1.54, 1.807) is 6.26 Å². The van der Waals surface area contributed by atoms with Crippen molar-refractivity contribution in [2.24, 2.45) is 5.92 Å². The van der Waals surface area contributed by atoms with Gasteiger partial charge in [0.15, 0.2) is 0 Å². The summed E-state index contributed by atoms with van der Waals surface area (Å²) in [6, 6.07) is 1.56. The van der Waals surface area contributed by atoms with Gasteiger partial charge >= 0.3 is 0 Å². The van der Waals surface area contributed by atoms with Gasteiger partial charge in [-0.3, -0.25) is 9.11 Å². The Balaban J connectivity index is 2.59. The molecule has 0 saturated carbocycles. The van der Waals surface area contributed by atoms with Crippen molar-refractivity contribution in [3.63, 3.8) is 0 Å². The molecule has 0 spiro atoms. The second-order valence-corrected chi connectivity index (χ2v) is 7.01. The van der Waals surface area contributed by atoms with Crippen molar-refractivity contribution in [1.29, 1.82) is 0 Å². The van der Waals surface area contributed by atoms with Crippen LogP contribution in [-0.2, 0) is 10.8 Å². The van der Waals surface area contributed by atoms with Crippen LogP contribution >= 0.6 is 0 Å². The van der Waals surface area contributed by atoms with E-state index in [-0.39, 0.29) is 0 Å². The molecule has 1 rings (SSSR count). The zero-order chi connectivity index (χ0) is 13.0. The maximum atomic E-state index is 11.3. The first-order valence-corrected chi connectivity index (χ1v) is 8.47. The van der Waals surface area contributed by atoms with Crippen molar-refractivity contribution in [3.05, 3.63) is 0 Å². The molecule has 5 atom stereocenters. The van der Waals surface area contributed by atoms with Crippen LogP contribution in [0.25, 0.3) is 0 Å². The average molecular weight is 260 g/mol. The largest absolute Gasteiger partial charge is 0.311 e. The molecule has 0 radical (unpaired) electrons. The summed E-state index contributed by atoms with van der Waals surface area (Å²) in [6.45, 7) is 11.2. The van der Waals surface area contributed by atoms with E-state index in [9.17, 15) is 4.21 Å². The third kappa shape index (κ3) is 4.34. The summed E-state index contributed by atoms with van der Waals surface area (Å²) in [4.78, 5) is 2.52. The van der Waals surface area contributed by atoms with Gasteiger partial charge in [-0.05, 0) is 19.8 Å². The van der Waals surface area contributed by atoms with Crippen LogP contribution in [0, 0.1) is 5.92 Å². The average Bonchev–Trinajstić information content (AvgIpc) is 2.27. The van der Waals surface area contributed by atoms with Crippen LogP contribution in [0.4, 0.5) is 0 Å². The van der Waals surface area contributed by atoms with E-state index in [1.807, 2.05) is 0 Å². The second kappa shape index (κ2) is 6.86. The van der Waals surface area contributed by atoms with E-state index in [0.29, 0.717) is 24.0 Å². The molecule has 1 fully saturated rings. The summed E-state index contributed by atoms with van der Waals surface area (Å²) >= 11 is 0. The molecule has 0 amide bonds. The Hall–Kier alpha value is 0.0700. The zero-order valence-corrected chi connectivity index (χ0v) is 12.7. The summed E-state index contributed by atoms with van der Waals surface area (Å²) in [6.07, 6.45) is 3.02. The van der Waals surface area contributed by atoms with E-state index in [0.717, 1.165) is 18.8 Å². The van der Waals surface area contributed by atoms with Crippen LogP contribution in [0.5, 0.6) is 0 Å². The fourth-order valence-electron chi connectivity index (χ4n) is 2.63. The standard InChI is InChI=1S/C13H28N2OS/c1-6-10(2)13-8-15(11(3)7-14-13)12(4)9-17(5)16/h10-14H,6-9H2,1-5H3.